The molecule has 0 unspecified atom stereocenters. The van der Waals surface area contributed by atoms with Crippen molar-refractivity contribution in [1.29, 1.82) is 0 Å². The molecule has 4 nitrogen and oxygen atoms in total. The maximum absolute atomic E-state index is 9.51. The van der Waals surface area contributed by atoms with Gasteiger partial charge in [-0.3, -0.25) is 0 Å². The summed E-state index contributed by atoms with van der Waals surface area (Å²) in [5.41, 5.74) is 2.34. The van der Waals surface area contributed by atoms with E-state index >= 15 is 0 Å². The zero-order valence-corrected chi connectivity index (χ0v) is 22.0. The summed E-state index contributed by atoms with van der Waals surface area (Å²) < 4.78 is 121. The molecule has 0 aliphatic heterocycles. The number of furan rings is 1. The van der Waals surface area contributed by atoms with E-state index < -0.39 is 72.5 Å². The van der Waals surface area contributed by atoms with Gasteiger partial charge in [-0.2, -0.15) is 0 Å². The summed E-state index contributed by atoms with van der Waals surface area (Å²) in [5.74, 6) is 0.231. The molecule has 0 fully saturated rings. The lowest BCUT2D eigenvalue weighted by Gasteiger charge is -2.11. The van der Waals surface area contributed by atoms with Gasteiger partial charge in [0.2, 0.25) is 5.89 Å². The fourth-order valence-electron chi connectivity index (χ4n) is 6.06. The molecule has 0 saturated heterocycles. The minimum atomic E-state index is -0.621. The van der Waals surface area contributed by atoms with Gasteiger partial charge in [-0.15, -0.1) is 0 Å². The van der Waals surface area contributed by atoms with Crippen LogP contribution >= 0.6 is 0 Å². The lowest BCUT2D eigenvalue weighted by Crippen LogP contribution is -1.96. The highest BCUT2D eigenvalue weighted by Gasteiger charge is 2.22. The summed E-state index contributed by atoms with van der Waals surface area (Å²) >= 11 is 0. The van der Waals surface area contributed by atoms with Crippen LogP contribution in [-0.2, 0) is 0 Å². The Morgan fingerprint density at radius 2 is 1.23 bits per heavy atom. The van der Waals surface area contributed by atoms with Crippen molar-refractivity contribution >= 4 is 76.4 Å². The molecular weight excluding hydrogens is 528 g/mol. The van der Waals surface area contributed by atoms with Crippen molar-refractivity contribution in [3.63, 3.8) is 0 Å². The topological polar surface area (TPSA) is 44.1 Å². The average Bonchev–Trinajstić information content (AvgIpc) is 3.89. The monoisotopic (exact) mass is 562 g/mol. The quantitative estimate of drug-likeness (QED) is 0.210. The molecule has 0 saturated carbocycles. The minimum absolute atomic E-state index is 0.0435. The molecule has 0 aliphatic rings. The predicted molar refractivity (Wildman–Crippen MR) is 176 cm³/mol. The summed E-state index contributed by atoms with van der Waals surface area (Å²) in [5, 5.41) is 0.313. The van der Waals surface area contributed by atoms with E-state index in [4.69, 9.17) is 24.8 Å². The standard InChI is InChI=1S/C39H22N2O2/c1-3-11-26-23(9-1)17-19-31-36(26)37-27-12-4-2-10-24(27)18-20-32(37)41(31)33-22-25(39-40-30-14-6-8-16-35(30)43-39)21-29-28-13-5-7-15-34(28)42-38(29)33/h1-22H/i1D,2D,3D,4D,9D,10D,11D,12D,17D,18D,19D,20D. The predicted octanol–water partition coefficient (Wildman–Crippen LogP) is 10.8. The Hall–Kier alpha value is -5.87. The lowest BCUT2D eigenvalue weighted by molar-refractivity contribution is 0.620. The van der Waals surface area contributed by atoms with Gasteiger partial charge < -0.3 is 13.4 Å². The number of nitrogens with zero attached hydrogens (tertiary/aromatic N) is 2. The summed E-state index contributed by atoms with van der Waals surface area (Å²) in [6, 6.07) is 11.2. The van der Waals surface area contributed by atoms with E-state index in [-0.39, 0.29) is 60.5 Å². The highest BCUT2D eigenvalue weighted by Crippen LogP contribution is 2.44. The fraction of sp³-hybridized carbons (Fsp3) is 0. The van der Waals surface area contributed by atoms with E-state index in [0.29, 0.717) is 33.0 Å². The molecule has 10 rings (SSSR count). The fourth-order valence-corrected chi connectivity index (χ4v) is 6.06. The summed E-state index contributed by atoms with van der Waals surface area (Å²) in [4.78, 5) is 4.72. The smallest absolute Gasteiger partial charge is 0.227 e. The number of para-hydroxylation sites is 3. The number of fused-ring (bicyclic) bond motifs is 11. The third-order valence-corrected chi connectivity index (χ3v) is 7.90. The molecule has 0 spiro atoms. The molecule has 7 aromatic carbocycles. The average molecular weight is 563 g/mol. The van der Waals surface area contributed by atoms with Crippen LogP contribution in [0.3, 0.4) is 0 Å². The van der Waals surface area contributed by atoms with Crippen molar-refractivity contribution in [2.45, 2.75) is 0 Å². The van der Waals surface area contributed by atoms with Gasteiger partial charge in [0.05, 0.1) is 33.2 Å². The molecule has 10 aromatic rings. The van der Waals surface area contributed by atoms with Gasteiger partial charge in [-0.25, -0.2) is 4.98 Å². The van der Waals surface area contributed by atoms with Crippen molar-refractivity contribution in [3.05, 3.63) is 133 Å². The highest BCUT2D eigenvalue weighted by atomic mass is 16.3. The van der Waals surface area contributed by atoms with Crippen LogP contribution in [0.2, 0.25) is 0 Å². The molecular formula is C39H22N2O2. The van der Waals surface area contributed by atoms with E-state index in [1.807, 2.05) is 30.3 Å². The van der Waals surface area contributed by atoms with E-state index in [2.05, 4.69) is 0 Å². The lowest BCUT2D eigenvalue weighted by atomic mass is 10.00. The van der Waals surface area contributed by atoms with Gasteiger partial charge in [0.1, 0.15) is 11.1 Å². The third-order valence-electron chi connectivity index (χ3n) is 7.90. The first kappa shape index (κ1) is 14.3. The molecule has 0 aliphatic carbocycles. The first-order valence-electron chi connectivity index (χ1n) is 19.5. The second-order valence-corrected chi connectivity index (χ2v) is 10.2. The number of oxazole rings is 1. The molecule has 0 bridgehead atoms. The SMILES string of the molecule is [2H]c1c([2H])c([2H])c2c(c1[2H])c([2H])c([2H])c1c2c2c3c([2H])c([2H])c([2H])c([2H])c3c([2H])c([2H])c2n1-c1cc(-c2nc3ccccc3o2)cc2c1oc1ccccc12. The van der Waals surface area contributed by atoms with Crippen molar-refractivity contribution in [3.8, 4) is 17.1 Å². The van der Waals surface area contributed by atoms with Crippen LogP contribution in [0, 0.1) is 0 Å². The second-order valence-electron chi connectivity index (χ2n) is 10.2. The minimum Gasteiger partial charge on any atom is -0.454 e. The van der Waals surface area contributed by atoms with Crippen molar-refractivity contribution in [1.82, 2.24) is 9.55 Å². The van der Waals surface area contributed by atoms with Crippen LogP contribution in [0.1, 0.15) is 16.4 Å². The van der Waals surface area contributed by atoms with Crippen LogP contribution in [0.4, 0.5) is 0 Å². The van der Waals surface area contributed by atoms with Gasteiger partial charge in [-0.1, -0.05) is 90.8 Å². The number of aromatic nitrogens is 2. The number of hydrogen-bond acceptors (Lipinski definition) is 3. The zero-order chi connectivity index (χ0) is 38.5. The summed E-state index contributed by atoms with van der Waals surface area (Å²) in [6.45, 7) is 0. The maximum Gasteiger partial charge on any atom is 0.227 e. The Morgan fingerprint density at radius 3 is 1.95 bits per heavy atom. The largest absolute Gasteiger partial charge is 0.454 e. The zero-order valence-electron chi connectivity index (χ0n) is 34.0. The van der Waals surface area contributed by atoms with Crippen molar-refractivity contribution in [2.75, 3.05) is 0 Å². The van der Waals surface area contributed by atoms with Crippen molar-refractivity contribution in [2.24, 2.45) is 0 Å². The van der Waals surface area contributed by atoms with E-state index in [1.54, 1.807) is 30.3 Å². The second kappa shape index (κ2) is 8.34. The molecule has 200 valence electrons. The number of benzene rings is 7. The van der Waals surface area contributed by atoms with Crippen LogP contribution < -0.4 is 0 Å². The number of hydrogen-bond donors (Lipinski definition) is 0. The molecule has 0 atom stereocenters. The van der Waals surface area contributed by atoms with E-state index in [9.17, 15) is 5.48 Å². The van der Waals surface area contributed by atoms with E-state index in [0.717, 1.165) is 0 Å². The molecule has 0 amide bonds. The van der Waals surface area contributed by atoms with Gasteiger partial charge in [-0.05, 0) is 64.0 Å². The van der Waals surface area contributed by atoms with Crippen LogP contribution in [0.25, 0.3) is 93.5 Å². The molecule has 4 heteroatoms. The Labute approximate surface area is 261 Å². The van der Waals surface area contributed by atoms with Crippen LogP contribution in [0.5, 0.6) is 0 Å². The Morgan fingerprint density at radius 1 is 0.581 bits per heavy atom. The van der Waals surface area contributed by atoms with E-state index in [1.165, 1.54) is 4.57 Å². The first-order chi connectivity index (χ1) is 26.3. The summed E-state index contributed by atoms with van der Waals surface area (Å²) in [7, 11) is 0. The molecule has 0 N–H and O–H groups in total. The summed E-state index contributed by atoms with van der Waals surface area (Å²) in [6.07, 6.45) is 0. The van der Waals surface area contributed by atoms with Gasteiger partial charge in [0.15, 0.2) is 11.2 Å². The molecule has 3 aromatic heterocycles. The van der Waals surface area contributed by atoms with Crippen molar-refractivity contribution < 1.29 is 25.3 Å². The first-order valence-corrected chi connectivity index (χ1v) is 13.5. The number of rotatable bonds is 2. The maximum atomic E-state index is 9.51. The van der Waals surface area contributed by atoms with Gasteiger partial charge in [0, 0.05) is 27.1 Å². The Kier molecular flexibility index (Phi) is 2.78. The molecule has 3 heterocycles. The third kappa shape index (κ3) is 3.12. The Bertz CT molecular complexity index is 3260. The Balaban J connectivity index is 1.54. The van der Waals surface area contributed by atoms with Crippen LogP contribution in [-0.4, -0.2) is 9.55 Å². The van der Waals surface area contributed by atoms with Gasteiger partial charge in [0.25, 0.3) is 0 Å². The molecule has 43 heavy (non-hydrogen) atoms. The highest BCUT2D eigenvalue weighted by molar-refractivity contribution is 6.29. The van der Waals surface area contributed by atoms with Crippen LogP contribution in [0.15, 0.2) is 142 Å². The van der Waals surface area contributed by atoms with Gasteiger partial charge >= 0.3 is 0 Å². The normalized spacial score (nSPS) is 16.1. The molecule has 0 radical (unpaired) electrons.